The van der Waals surface area contributed by atoms with Crippen LogP contribution < -0.4 is 4.74 Å². The second kappa shape index (κ2) is 7.41. The van der Waals surface area contributed by atoms with Crippen LogP contribution in [0.4, 0.5) is 4.39 Å². The summed E-state index contributed by atoms with van der Waals surface area (Å²) < 4.78 is 24.4. The SMILES string of the molecule is CCOC(=O)/C(C)=C/c1ccc(Oc2ccccc2)c(F)c1. The van der Waals surface area contributed by atoms with Crippen LogP contribution in [0.15, 0.2) is 54.1 Å². The molecule has 0 bridgehead atoms. The molecule has 2 aromatic carbocycles. The van der Waals surface area contributed by atoms with Crippen molar-refractivity contribution in [1.82, 2.24) is 0 Å². The van der Waals surface area contributed by atoms with Crippen molar-refractivity contribution in [3.05, 3.63) is 65.5 Å². The zero-order valence-electron chi connectivity index (χ0n) is 12.5. The topological polar surface area (TPSA) is 35.5 Å². The number of para-hydroxylation sites is 1. The van der Waals surface area contributed by atoms with E-state index >= 15 is 0 Å². The van der Waals surface area contributed by atoms with Crippen LogP contribution in [-0.2, 0) is 9.53 Å². The third kappa shape index (κ3) is 4.19. The van der Waals surface area contributed by atoms with Crippen molar-refractivity contribution in [3.8, 4) is 11.5 Å². The van der Waals surface area contributed by atoms with Gasteiger partial charge in [0.1, 0.15) is 5.75 Å². The predicted octanol–water partition coefficient (Wildman–Crippen LogP) is 4.58. The molecule has 0 saturated heterocycles. The van der Waals surface area contributed by atoms with E-state index in [1.807, 2.05) is 18.2 Å². The smallest absolute Gasteiger partial charge is 0.333 e. The first kappa shape index (κ1) is 15.8. The Balaban J connectivity index is 2.16. The quantitative estimate of drug-likeness (QED) is 0.598. The van der Waals surface area contributed by atoms with Crippen molar-refractivity contribution >= 4 is 12.0 Å². The molecule has 0 aliphatic rings. The van der Waals surface area contributed by atoms with Gasteiger partial charge in [-0.3, -0.25) is 0 Å². The van der Waals surface area contributed by atoms with E-state index in [4.69, 9.17) is 9.47 Å². The molecular formula is C18H17FO3. The number of rotatable bonds is 5. The molecule has 0 fully saturated rings. The van der Waals surface area contributed by atoms with E-state index in [0.29, 0.717) is 23.5 Å². The molecule has 0 radical (unpaired) electrons. The molecule has 0 unspecified atom stereocenters. The van der Waals surface area contributed by atoms with Gasteiger partial charge in [-0.2, -0.15) is 0 Å². The zero-order chi connectivity index (χ0) is 15.9. The summed E-state index contributed by atoms with van der Waals surface area (Å²) in [6, 6.07) is 13.5. The van der Waals surface area contributed by atoms with Gasteiger partial charge in [0.15, 0.2) is 11.6 Å². The number of carbonyl (C=O) groups excluding carboxylic acids is 1. The molecular weight excluding hydrogens is 283 g/mol. The normalized spacial score (nSPS) is 11.1. The van der Waals surface area contributed by atoms with Crippen LogP contribution in [0.5, 0.6) is 11.5 Å². The summed E-state index contributed by atoms with van der Waals surface area (Å²) in [5.41, 5.74) is 0.987. The van der Waals surface area contributed by atoms with Crippen molar-refractivity contribution in [2.45, 2.75) is 13.8 Å². The lowest BCUT2D eigenvalue weighted by Crippen LogP contribution is -2.04. The summed E-state index contributed by atoms with van der Waals surface area (Å²) in [7, 11) is 0. The predicted molar refractivity (Wildman–Crippen MR) is 83.2 cm³/mol. The van der Waals surface area contributed by atoms with E-state index in [1.54, 1.807) is 38.1 Å². The summed E-state index contributed by atoms with van der Waals surface area (Å²) >= 11 is 0. The molecule has 2 aromatic rings. The van der Waals surface area contributed by atoms with Crippen molar-refractivity contribution in [3.63, 3.8) is 0 Å². The minimum atomic E-state index is -0.491. The number of hydrogen-bond donors (Lipinski definition) is 0. The van der Waals surface area contributed by atoms with Gasteiger partial charge in [-0.25, -0.2) is 9.18 Å². The van der Waals surface area contributed by atoms with Gasteiger partial charge in [-0.1, -0.05) is 24.3 Å². The third-order valence-corrected chi connectivity index (χ3v) is 2.91. The highest BCUT2D eigenvalue weighted by atomic mass is 19.1. The highest BCUT2D eigenvalue weighted by Gasteiger charge is 2.08. The Bertz CT molecular complexity index is 678. The Hall–Kier alpha value is -2.62. The molecule has 114 valence electrons. The highest BCUT2D eigenvalue weighted by Crippen LogP contribution is 2.25. The molecule has 3 nitrogen and oxygen atoms in total. The molecule has 0 heterocycles. The molecule has 0 amide bonds. The monoisotopic (exact) mass is 300 g/mol. The maximum Gasteiger partial charge on any atom is 0.333 e. The number of hydrogen-bond acceptors (Lipinski definition) is 3. The number of benzene rings is 2. The Morgan fingerprint density at radius 2 is 1.91 bits per heavy atom. The number of halogens is 1. The summed E-state index contributed by atoms with van der Waals surface area (Å²) in [6.45, 7) is 3.67. The van der Waals surface area contributed by atoms with Gasteiger partial charge in [-0.15, -0.1) is 0 Å². The van der Waals surface area contributed by atoms with E-state index in [1.165, 1.54) is 12.1 Å². The van der Waals surface area contributed by atoms with Crippen LogP contribution in [0, 0.1) is 5.82 Å². The van der Waals surface area contributed by atoms with Gasteiger partial charge in [-0.05, 0) is 49.8 Å². The molecule has 0 aliphatic heterocycles. The second-order valence-corrected chi connectivity index (χ2v) is 4.65. The van der Waals surface area contributed by atoms with E-state index in [2.05, 4.69) is 0 Å². The fourth-order valence-electron chi connectivity index (χ4n) is 1.86. The third-order valence-electron chi connectivity index (χ3n) is 2.91. The van der Waals surface area contributed by atoms with Gasteiger partial charge in [0, 0.05) is 5.57 Å². The van der Waals surface area contributed by atoms with E-state index in [0.717, 1.165) is 0 Å². The summed E-state index contributed by atoms with van der Waals surface area (Å²) in [4.78, 5) is 11.5. The van der Waals surface area contributed by atoms with E-state index < -0.39 is 11.8 Å². The molecule has 22 heavy (non-hydrogen) atoms. The van der Waals surface area contributed by atoms with Crippen molar-refractivity contribution in [2.75, 3.05) is 6.61 Å². The summed E-state index contributed by atoms with van der Waals surface area (Å²) in [6.07, 6.45) is 1.58. The molecule has 0 atom stereocenters. The van der Waals surface area contributed by atoms with Crippen LogP contribution in [-0.4, -0.2) is 12.6 Å². The number of esters is 1. The van der Waals surface area contributed by atoms with Crippen LogP contribution >= 0.6 is 0 Å². The fraction of sp³-hybridized carbons (Fsp3) is 0.167. The van der Waals surface area contributed by atoms with Crippen molar-refractivity contribution in [2.24, 2.45) is 0 Å². The first-order chi connectivity index (χ1) is 10.6. The molecule has 0 saturated carbocycles. The number of ether oxygens (including phenoxy) is 2. The van der Waals surface area contributed by atoms with E-state index in [-0.39, 0.29) is 5.75 Å². The average molecular weight is 300 g/mol. The maximum absolute atomic E-state index is 14.1. The average Bonchev–Trinajstić information content (AvgIpc) is 2.51. The Labute approximate surface area is 129 Å². The second-order valence-electron chi connectivity index (χ2n) is 4.65. The Kier molecular flexibility index (Phi) is 5.31. The standard InChI is InChI=1S/C18H17FO3/c1-3-21-18(20)13(2)11-14-9-10-17(16(19)12-14)22-15-7-5-4-6-8-15/h4-12H,3H2,1-2H3/b13-11+. The molecule has 0 aliphatic carbocycles. The summed E-state index contributed by atoms with van der Waals surface area (Å²) in [5, 5.41) is 0. The molecule has 0 aromatic heterocycles. The van der Waals surface area contributed by atoms with E-state index in [9.17, 15) is 9.18 Å². The lowest BCUT2D eigenvalue weighted by Gasteiger charge is -2.07. The minimum Gasteiger partial charge on any atom is -0.463 e. The Morgan fingerprint density at radius 3 is 2.55 bits per heavy atom. The van der Waals surface area contributed by atoms with Crippen LogP contribution in [0.3, 0.4) is 0 Å². The van der Waals surface area contributed by atoms with Gasteiger partial charge in [0.05, 0.1) is 6.61 Å². The minimum absolute atomic E-state index is 0.136. The van der Waals surface area contributed by atoms with Crippen molar-refractivity contribution in [1.29, 1.82) is 0 Å². The Morgan fingerprint density at radius 1 is 1.18 bits per heavy atom. The molecule has 4 heteroatoms. The number of carbonyl (C=O) groups is 1. The van der Waals surface area contributed by atoms with Crippen LogP contribution in [0.2, 0.25) is 0 Å². The molecule has 2 rings (SSSR count). The summed E-state index contributed by atoms with van der Waals surface area (Å²) in [5.74, 6) is -0.202. The maximum atomic E-state index is 14.1. The highest BCUT2D eigenvalue weighted by molar-refractivity contribution is 5.93. The first-order valence-corrected chi connectivity index (χ1v) is 6.98. The lowest BCUT2D eigenvalue weighted by atomic mass is 10.1. The molecule has 0 spiro atoms. The largest absolute Gasteiger partial charge is 0.463 e. The van der Waals surface area contributed by atoms with Crippen molar-refractivity contribution < 1.29 is 18.7 Å². The van der Waals surface area contributed by atoms with Gasteiger partial charge in [0.2, 0.25) is 0 Å². The molecule has 0 N–H and O–H groups in total. The lowest BCUT2D eigenvalue weighted by molar-refractivity contribution is -0.138. The van der Waals surface area contributed by atoms with Crippen LogP contribution in [0.1, 0.15) is 19.4 Å². The zero-order valence-corrected chi connectivity index (χ0v) is 12.5. The van der Waals surface area contributed by atoms with Gasteiger partial charge < -0.3 is 9.47 Å². The first-order valence-electron chi connectivity index (χ1n) is 6.98. The van der Waals surface area contributed by atoms with Gasteiger partial charge >= 0.3 is 5.97 Å². The fourth-order valence-corrected chi connectivity index (χ4v) is 1.86. The van der Waals surface area contributed by atoms with Gasteiger partial charge in [0.25, 0.3) is 0 Å². The van der Waals surface area contributed by atoms with Crippen LogP contribution in [0.25, 0.3) is 6.08 Å².